The largest absolute Gasteiger partial charge is 0.455 e. The van der Waals surface area contributed by atoms with Gasteiger partial charge in [-0.15, -0.1) is 0 Å². The maximum Gasteiger partial charge on any atom is 0.238 e. The molecule has 11 rings (SSSR count). The Balaban J connectivity index is 1.12. The molecular weight excluding hydrogens is 685 g/mol. The van der Waals surface area contributed by atoms with Crippen LogP contribution < -0.4 is 0 Å². The van der Waals surface area contributed by atoms with Gasteiger partial charge in [-0.1, -0.05) is 152 Å². The van der Waals surface area contributed by atoms with Gasteiger partial charge < -0.3 is 4.42 Å². The Hall–Kier alpha value is -7.63. The molecule has 0 unspecified atom stereocenters. The number of para-hydroxylation sites is 1. The van der Waals surface area contributed by atoms with Gasteiger partial charge >= 0.3 is 0 Å². The molecule has 0 amide bonds. The molecule has 262 valence electrons. The summed E-state index contributed by atoms with van der Waals surface area (Å²) in [6, 6.07) is 67.5. The molecule has 0 atom stereocenters. The van der Waals surface area contributed by atoms with Crippen molar-refractivity contribution in [1.82, 2.24) is 19.5 Å². The summed E-state index contributed by atoms with van der Waals surface area (Å²) in [5.41, 5.74) is 12.4. The van der Waals surface area contributed by atoms with Crippen molar-refractivity contribution in [3.8, 4) is 62.1 Å². The number of hydrogen-bond acceptors (Lipinski definition) is 4. The molecule has 0 aliphatic carbocycles. The van der Waals surface area contributed by atoms with Gasteiger partial charge in [0, 0.05) is 38.2 Å². The van der Waals surface area contributed by atoms with Crippen molar-refractivity contribution in [2.45, 2.75) is 0 Å². The lowest BCUT2D eigenvalue weighted by Crippen LogP contribution is -2.06. The van der Waals surface area contributed by atoms with Crippen molar-refractivity contribution in [3.63, 3.8) is 0 Å². The molecule has 0 spiro atoms. The molecule has 0 N–H and O–H groups in total. The van der Waals surface area contributed by atoms with Gasteiger partial charge in [-0.3, -0.25) is 4.57 Å². The SMILES string of the molecule is c1ccc(-c2ccc3c(c2)oc2c(-c4ccccc4)cc(-c4ccc5c(c4)c4ccccc4n5-c4nc(-c5ccccc5)nc(-c5ccccc5)n4)cc23)cc1. The highest BCUT2D eigenvalue weighted by atomic mass is 16.3. The molecule has 5 heteroatoms. The zero-order valence-corrected chi connectivity index (χ0v) is 30.2. The van der Waals surface area contributed by atoms with Crippen LogP contribution in [0, 0.1) is 0 Å². The number of hydrogen-bond donors (Lipinski definition) is 0. The quantitative estimate of drug-likeness (QED) is 0.172. The normalized spacial score (nSPS) is 11.6. The summed E-state index contributed by atoms with van der Waals surface area (Å²) in [4.78, 5) is 15.2. The third kappa shape index (κ3) is 5.37. The lowest BCUT2D eigenvalue weighted by molar-refractivity contribution is 0.670. The van der Waals surface area contributed by atoms with E-state index in [1.165, 1.54) is 0 Å². The Kier molecular flexibility index (Phi) is 7.42. The van der Waals surface area contributed by atoms with Crippen molar-refractivity contribution in [2.24, 2.45) is 0 Å². The second-order valence-corrected chi connectivity index (χ2v) is 14.0. The first kappa shape index (κ1) is 31.9. The molecule has 8 aromatic carbocycles. The highest BCUT2D eigenvalue weighted by Gasteiger charge is 2.20. The number of fused-ring (bicyclic) bond motifs is 6. The van der Waals surface area contributed by atoms with Crippen molar-refractivity contribution >= 4 is 43.7 Å². The van der Waals surface area contributed by atoms with E-state index in [0.29, 0.717) is 17.6 Å². The van der Waals surface area contributed by atoms with Crippen LogP contribution in [0.15, 0.2) is 199 Å². The molecule has 5 nitrogen and oxygen atoms in total. The fraction of sp³-hybridized carbons (Fsp3) is 0. The molecule has 0 radical (unpaired) electrons. The predicted molar refractivity (Wildman–Crippen MR) is 229 cm³/mol. The Bertz CT molecular complexity index is 3170. The Morgan fingerprint density at radius 2 is 0.875 bits per heavy atom. The molecule has 0 bridgehead atoms. The van der Waals surface area contributed by atoms with E-state index in [2.05, 4.69) is 132 Å². The number of aromatic nitrogens is 4. The van der Waals surface area contributed by atoms with Crippen LogP contribution in [0.2, 0.25) is 0 Å². The topological polar surface area (TPSA) is 56.7 Å². The molecule has 56 heavy (non-hydrogen) atoms. The first-order chi connectivity index (χ1) is 27.7. The van der Waals surface area contributed by atoms with E-state index in [1.54, 1.807) is 0 Å². The smallest absolute Gasteiger partial charge is 0.238 e. The van der Waals surface area contributed by atoms with Gasteiger partial charge in [-0.25, -0.2) is 4.98 Å². The van der Waals surface area contributed by atoms with E-state index in [4.69, 9.17) is 19.4 Å². The monoisotopic (exact) mass is 716 g/mol. The first-order valence-electron chi connectivity index (χ1n) is 18.8. The van der Waals surface area contributed by atoms with Gasteiger partial charge in [0.05, 0.1) is 11.0 Å². The number of nitrogens with zero attached hydrogens (tertiary/aromatic N) is 4. The van der Waals surface area contributed by atoms with Crippen LogP contribution in [0.25, 0.3) is 106 Å². The highest BCUT2D eigenvalue weighted by Crippen LogP contribution is 2.42. The van der Waals surface area contributed by atoms with Crippen molar-refractivity contribution < 1.29 is 4.42 Å². The van der Waals surface area contributed by atoms with Crippen molar-refractivity contribution in [2.75, 3.05) is 0 Å². The number of benzene rings is 8. The maximum absolute atomic E-state index is 6.73. The maximum atomic E-state index is 6.73. The average molecular weight is 717 g/mol. The van der Waals surface area contributed by atoms with Crippen LogP contribution in [0.5, 0.6) is 0 Å². The van der Waals surface area contributed by atoms with Crippen LogP contribution in [-0.4, -0.2) is 19.5 Å². The summed E-state index contributed by atoms with van der Waals surface area (Å²) in [7, 11) is 0. The predicted octanol–water partition coefficient (Wildman–Crippen LogP) is 13.2. The third-order valence-corrected chi connectivity index (χ3v) is 10.7. The summed E-state index contributed by atoms with van der Waals surface area (Å²) in [6.07, 6.45) is 0. The highest BCUT2D eigenvalue weighted by molar-refractivity contribution is 6.13. The van der Waals surface area contributed by atoms with Gasteiger partial charge in [-0.05, 0) is 70.3 Å². The van der Waals surface area contributed by atoms with Crippen molar-refractivity contribution in [1.29, 1.82) is 0 Å². The Labute approximate surface area is 322 Å². The lowest BCUT2D eigenvalue weighted by Gasteiger charge is -2.11. The molecule has 0 saturated heterocycles. The number of rotatable bonds is 6. The molecular formula is C51H32N4O. The van der Waals surface area contributed by atoms with Gasteiger partial charge in [0.2, 0.25) is 5.95 Å². The average Bonchev–Trinajstić information content (AvgIpc) is 3.82. The summed E-state index contributed by atoms with van der Waals surface area (Å²) in [5, 5.41) is 4.42. The van der Waals surface area contributed by atoms with E-state index >= 15 is 0 Å². The summed E-state index contributed by atoms with van der Waals surface area (Å²) >= 11 is 0. The second kappa shape index (κ2) is 13.0. The van der Waals surface area contributed by atoms with Crippen LogP contribution in [0.3, 0.4) is 0 Å². The van der Waals surface area contributed by atoms with Crippen LogP contribution in [0.4, 0.5) is 0 Å². The minimum absolute atomic E-state index is 0.573. The molecule has 3 heterocycles. The summed E-state index contributed by atoms with van der Waals surface area (Å²) in [5.74, 6) is 1.83. The minimum atomic E-state index is 0.573. The molecule has 11 aromatic rings. The third-order valence-electron chi connectivity index (χ3n) is 10.7. The zero-order chi connectivity index (χ0) is 37.0. The molecule has 0 fully saturated rings. The Morgan fingerprint density at radius 3 is 1.55 bits per heavy atom. The zero-order valence-electron chi connectivity index (χ0n) is 30.2. The van der Waals surface area contributed by atoms with Crippen LogP contribution in [-0.2, 0) is 0 Å². The van der Waals surface area contributed by atoms with Crippen LogP contribution >= 0.6 is 0 Å². The molecule has 0 aliphatic rings. The van der Waals surface area contributed by atoms with Crippen molar-refractivity contribution in [3.05, 3.63) is 194 Å². The lowest BCUT2D eigenvalue weighted by atomic mass is 9.94. The van der Waals surface area contributed by atoms with E-state index in [9.17, 15) is 0 Å². The molecule has 0 saturated carbocycles. The van der Waals surface area contributed by atoms with Gasteiger partial charge in [0.15, 0.2) is 11.6 Å². The molecule has 3 aromatic heterocycles. The fourth-order valence-electron chi connectivity index (χ4n) is 7.95. The standard InChI is InChI=1S/C51H32N4O/c1-5-15-33(16-6-1)38-25-27-41-44-31-39(30-42(34-17-7-2-8-18-34)48(44)56-47(41)32-38)37-26-28-46-43(29-37)40-23-13-14-24-45(40)55(46)51-53-49(35-19-9-3-10-20-35)52-50(54-51)36-21-11-4-12-22-36/h1-32H. The van der Waals surface area contributed by atoms with Gasteiger partial charge in [0.25, 0.3) is 0 Å². The van der Waals surface area contributed by atoms with E-state index < -0.39 is 0 Å². The van der Waals surface area contributed by atoms with E-state index in [0.717, 1.165) is 88.3 Å². The minimum Gasteiger partial charge on any atom is -0.455 e. The van der Waals surface area contributed by atoms with Crippen LogP contribution in [0.1, 0.15) is 0 Å². The second-order valence-electron chi connectivity index (χ2n) is 14.0. The van der Waals surface area contributed by atoms with E-state index in [1.807, 2.05) is 66.7 Å². The molecule has 0 aliphatic heterocycles. The number of furan rings is 1. The van der Waals surface area contributed by atoms with Gasteiger partial charge in [0.1, 0.15) is 11.2 Å². The first-order valence-corrected chi connectivity index (χ1v) is 18.8. The Morgan fingerprint density at radius 1 is 0.339 bits per heavy atom. The van der Waals surface area contributed by atoms with E-state index in [-0.39, 0.29) is 0 Å². The van der Waals surface area contributed by atoms with Gasteiger partial charge in [-0.2, -0.15) is 9.97 Å². The summed E-state index contributed by atoms with van der Waals surface area (Å²) in [6.45, 7) is 0. The fourth-order valence-corrected chi connectivity index (χ4v) is 7.95. The summed E-state index contributed by atoms with van der Waals surface area (Å²) < 4.78 is 8.90.